The van der Waals surface area contributed by atoms with Crippen molar-refractivity contribution >= 4 is 27.6 Å². The molecule has 1 rings (SSSR count). The summed E-state index contributed by atoms with van der Waals surface area (Å²) in [6.45, 7) is 5.64. The van der Waals surface area contributed by atoms with Crippen LogP contribution < -0.4 is 5.73 Å². The van der Waals surface area contributed by atoms with Gasteiger partial charge < -0.3 is 10.5 Å². The molecule has 1 unspecified atom stereocenters. The minimum absolute atomic E-state index is 0.140. The number of alkyl halides is 1. The summed E-state index contributed by atoms with van der Waals surface area (Å²) in [5.41, 5.74) is 7.32. The summed E-state index contributed by atoms with van der Waals surface area (Å²) >= 11 is 3.38. The number of carbonyl (C=O) groups excluding carboxylic acids is 1. The number of esters is 1. The van der Waals surface area contributed by atoms with Crippen molar-refractivity contribution < 1.29 is 9.53 Å². The van der Waals surface area contributed by atoms with Gasteiger partial charge >= 0.3 is 5.97 Å². The first-order chi connectivity index (χ1) is 8.83. The zero-order chi connectivity index (χ0) is 14.5. The van der Waals surface area contributed by atoms with E-state index < -0.39 is 5.60 Å². The molecule has 106 valence electrons. The van der Waals surface area contributed by atoms with Crippen molar-refractivity contribution in [2.75, 3.05) is 11.1 Å². The molecule has 2 N–H and O–H groups in total. The number of rotatable bonds is 5. The second kappa shape index (κ2) is 6.94. The van der Waals surface area contributed by atoms with Crippen molar-refractivity contribution in [1.82, 2.24) is 0 Å². The number of halogens is 1. The molecule has 3 nitrogen and oxygen atoms in total. The molecule has 1 atom stereocenters. The number of ether oxygens (including phenoxy) is 1. The maximum absolute atomic E-state index is 12.0. The Balaban J connectivity index is 2.58. The van der Waals surface area contributed by atoms with Gasteiger partial charge in [0, 0.05) is 11.0 Å². The summed E-state index contributed by atoms with van der Waals surface area (Å²) in [4.78, 5) is 12.0. The second-order valence-electron chi connectivity index (χ2n) is 5.62. The van der Waals surface area contributed by atoms with Crippen molar-refractivity contribution in [1.29, 1.82) is 0 Å². The Hall–Kier alpha value is -1.03. The number of benzene rings is 1. The highest BCUT2D eigenvalue weighted by Crippen LogP contribution is 2.20. The molecular weight excluding hydrogens is 306 g/mol. The van der Waals surface area contributed by atoms with Gasteiger partial charge in [0.1, 0.15) is 5.60 Å². The van der Waals surface area contributed by atoms with Gasteiger partial charge in [-0.15, -0.1) is 0 Å². The Morgan fingerprint density at radius 2 is 2.00 bits per heavy atom. The molecule has 0 heterocycles. The highest BCUT2D eigenvalue weighted by atomic mass is 79.9. The predicted molar refractivity (Wildman–Crippen MR) is 82.3 cm³/mol. The molecule has 0 fully saturated rings. The van der Waals surface area contributed by atoms with Crippen molar-refractivity contribution in [3.05, 3.63) is 29.8 Å². The lowest BCUT2D eigenvalue weighted by Crippen LogP contribution is -2.29. The van der Waals surface area contributed by atoms with Crippen LogP contribution in [0.15, 0.2) is 24.3 Å². The van der Waals surface area contributed by atoms with E-state index in [1.807, 2.05) is 45.0 Å². The Morgan fingerprint density at radius 1 is 1.37 bits per heavy atom. The molecule has 0 aliphatic rings. The van der Waals surface area contributed by atoms with E-state index in [9.17, 15) is 4.79 Å². The van der Waals surface area contributed by atoms with Crippen LogP contribution in [-0.4, -0.2) is 16.9 Å². The number of aryl methyl sites for hydroxylation is 1. The number of nitrogens with two attached hydrogens (primary N) is 1. The molecule has 0 aromatic heterocycles. The number of carbonyl (C=O) groups is 1. The van der Waals surface area contributed by atoms with Crippen LogP contribution in [-0.2, 0) is 16.0 Å². The van der Waals surface area contributed by atoms with Crippen LogP contribution in [0.4, 0.5) is 5.69 Å². The third-order valence-electron chi connectivity index (χ3n) is 2.74. The van der Waals surface area contributed by atoms with E-state index in [0.29, 0.717) is 5.33 Å². The second-order valence-corrected chi connectivity index (χ2v) is 6.27. The normalized spacial score (nSPS) is 13.1. The number of para-hydroxylation sites is 1. The van der Waals surface area contributed by atoms with Crippen molar-refractivity contribution in [3.8, 4) is 0 Å². The molecule has 1 aromatic carbocycles. The van der Waals surface area contributed by atoms with E-state index >= 15 is 0 Å². The van der Waals surface area contributed by atoms with E-state index in [1.54, 1.807) is 0 Å². The van der Waals surface area contributed by atoms with Gasteiger partial charge in [0.05, 0.1) is 5.92 Å². The molecule has 0 amide bonds. The fourth-order valence-corrected chi connectivity index (χ4v) is 2.32. The molecule has 0 bridgehead atoms. The third kappa shape index (κ3) is 5.64. The standard InChI is InChI=1S/C15H22BrNO2/c1-15(2,3)19-14(18)12(10-16)9-8-11-6-4-5-7-13(11)17/h4-7,12H,8-10,17H2,1-3H3. The molecule has 0 aliphatic carbocycles. The zero-order valence-corrected chi connectivity index (χ0v) is 13.4. The number of anilines is 1. The van der Waals surface area contributed by atoms with Gasteiger partial charge in [0.2, 0.25) is 0 Å². The Morgan fingerprint density at radius 3 is 2.53 bits per heavy atom. The van der Waals surface area contributed by atoms with Gasteiger partial charge in [-0.3, -0.25) is 4.79 Å². The van der Waals surface area contributed by atoms with E-state index in [-0.39, 0.29) is 11.9 Å². The maximum Gasteiger partial charge on any atom is 0.310 e. The monoisotopic (exact) mass is 327 g/mol. The Kier molecular flexibility index (Phi) is 5.85. The fraction of sp³-hybridized carbons (Fsp3) is 0.533. The fourth-order valence-electron chi connectivity index (χ4n) is 1.73. The number of hydrogen-bond donors (Lipinski definition) is 1. The molecule has 0 radical (unpaired) electrons. The smallest absolute Gasteiger partial charge is 0.310 e. The quantitative estimate of drug-likeness (QED) is 0.511. The minimum atomic E-state index is -0.441. The Labute approximate surface area is 123 Å². The number of hydrogen-bond acceptors (Lipinski definition) is 3. The zero-order valence-electron chi connectivity index (χ0n) is 11.8. The molecule has 1 aromatic rings. The first kappa shape index (κ1) is 16.0. The van der Waals surface area contributed by atoms with Crippen LogP contribution in [0.2, 0.25) is 0 Å². The topological polar surface area (TPSA) is 52.3 Å². The van der Waals surface area contributed by atoms with Crippen LogP contribution in [0.1, 0.15) is 32.8 Å². The van der Waals surface area contributed by atoms with Crippen LogP contribution in [0, 0.1) is 5.92 Å². The molecule has 0 saturated carbocycles. The maximum atomic E-state index is 12.0. The molecule has 4 heteroatoms. The van der Waals surface area contributed by atoms with Crippen molar-refractivity contribution in [3.63, 3.8) is 0 Å². The summed E-state index contributed by atoms with van der Waals surface area (Å²) in [5.74, 6) is -0.294. The largest absolute Gasteiger partial charge is 0.460 e. The van der Waals surface area contributed by atoms with Crippen LogP contribution >= 0.6 is 15.9 Å². The molecule has 0 saturated heterocycles. The summed E-state index contributed by atoms with van der Waals surface area (Å²) < 4.78 is 5.41. The molecular formula is C15H22BrNO2. The summed E-state index contributed by atoms with van der Waals surface area (Å²) in [5, 5.41) is 0.606. The van der Waals surface area contributed by atoms with Gasteiger partial charge in [-0.25, -0.2) is 0 Å². The average molecular weight is 328 g/mol. The van der Waals surface area contributed by atoms with E-state index in [2.05, 4.69) is 15.9 Å². The van der Waals surface area contributed by atoms with E-state index in [1.165, 1.54) is 0 Å². The lowest BCUT2D eigenvalue weighted by atomic mass is 10.00. The summed E-state index contributed by atoms with van der Waals surface area (Å²) in [6.07, 6.45) is 1.51. The van der Waals surface area contributed by atoms with Gasteiger partial charge in [-0.1, -0.05) is 34.1 Å². The summed E-state index contributed by atoms with van der Waals surface area (Å²) in [7, 11) is 0. The van der Waals surface area contributed by atoms with E-state index in [4.69, 9.17) is 10.5 Å². The third-order valence-corrected chi connectivity index (χ3v) is 3.53. The van der Waals surface area contributed by atoms with Crippen molar-refractivity contribution in [2.24, 2.45) is 5.92 Å². The lowest BCUT2D eigenvalue weighted by Gasteiger charge is -2.23. The average Bonchev–Trinajstić information content (AvgIpc) is 2.29. The predicted octanol–water partition coefficient (Wildman–Crippen LogP) is 3.55. The van der Waals surface area contributed by atoms with Crippen LogP contribution in [0.5, 0.6) is 0 Å². The number of nitrogen functional groups attached to an aromatic ring is 1. The Bertz CT molecular complexity index is 426. The van der Waals surface area contributed by atoms with Gasteiger partial charge in [-0.05, 0) is 45.2 Å². The van der Waals surface area contributed by atoms with Gasteiger partial charge in [0.15, 0.2) is 0 Å². The van der Waals surface area contributed by atoms with Crippen LogP contribution in [0.25, 0.3) is 0 Å². The van der Waals surface area contributed by atoms with Crippen molar-refractivity contribution in [2.45, 2.75) is 39.2 Å². The highest BCUT2D eigenvalue weighted by Gasteiger charge is 2.24. The first-order valence-electron chi connectivity index (χ1n) is 6.45. The lowest BCUT2D eigenvalue weighted by molar-refractivity contribution is -0.159. The first-order valence-corrected chi connectivity index (χ1v) is 7.58. The van der Waals surface area contributed by atoms with Crippen LogP contribution in [0.3, 0.4) is 0 Å². The summed E-state index contributed by atoms with van der Waals surface area (Å²) in [6, 6.07) is 7.75. The minimum Gasteiger partial charge on any atom is -0.460 e. The van der Waals surface area contributed by atoms with Gasteiger partial charge in [0.25, 0.3) is 0 Å². The van der Waals surface area contributed by atoms with Gasteiger partial charge in [-0.2, -0.15) is 0 Å². The highest BCUT2D eigenvalue weighted by molar-refractivity contribution is 9.09. The SMILES string of the molecule is CC(C)(C)OC(=O)C(CBr)CCc1ccccc1N. The molecule has 0 spiro atoms. The molecule has 0 aliphatic heterocycles. The van der Waals surface area contributed by atoms with E-state index in [0.717, 1.165) is 24.1 Å². The molecule has 19 heavy (non-hydrogen) atoms.